The minimum atomic E-state index is -1.70. The fourth-order valence-electron chi connectivity index (χ4n) is 1.46. The summed E-state index contributed by atoms with van der Waals surface area (Å²) in [5.41, 5.74) is 0. The summed E-state index contributed by atoms with van der Waals surface area (Å²) in [5, 5.41) is 4.18. The van der Waals surface area contributed by atoms with Crippen molar-refractivity contribution in [1.82, 2.24) is 0 Å². The second-order valence-corrected chi connectivity index (χ2v) is 11.8. The SMILES string of the molecule is CC(C)(C)[Si](C)(C)OCC1COc2cscc2O1. The zero-order valence-corrected chi connectivity index (χ0v) is 13.6. The van der Waals surface area contributed by atoms with E-state index in [0.29, 0.717) is 13.2 Å². The Hall–Kier alpha value is -0.523. The zero-order chi connectivity index (χ0) is 13.4. The Kier molecular flexibility index (Phi) is 3.76. The van der Waals surface area contributed by atoms with Gasteiger partial charge in [0.1, 0.15) is 6.61 Å². The van der Waals surface area contributed by atoms with Gasteiger partial charge in [-0.25, -0.2) is 0 Å². The molecule has 1 aliphatic rings. The maximum absolute atomic E-state index is 6.16. The van der Waals surface area contributed by atoms with Crippen LogP contribution in [0, 0.1) is 0 Å². The highest BCUT2D eigenvalue weighted by atomic mass is 32.1. The predicted octanol–water partition coefficient (Wildman–Crippen LogP) is 3.91. The number of hydrogen-bond acceptors (Lipinski definition) is 4. The molecule has 0 fully saturated rings. The van der Waals surface area contributed by atoms with Gasteiger partial charge in [0, 0.05) is 10.8 Å². The first kappa shape index (κ1) is 13.9. The van der Waals surface area contributed by atoms with Crippen molar-refractivity contribution >= 4 is 19.7 Å². The molecule has 0 spiro atoms. The van der Waals surface area contributed by atoms with Crippen molar-refractivity contribution in [1.29, 1.82) is 0 Å². The molecule has 3 nitrogen and oxygen atoms in total. The molecule has 2 heterocycles. The molecule has 0 saturated carbocycles. The summed E-state index contributed by atoms with van der Waals surface area (Å²) in [6.07, 6.45) is 0.0150. The lowest BCUT2D eigenvalue weighted by Crippen LogP contribution is -2.45. The normalized spacial score (nSPS) is 19.9. The minimum absolute atomic E-state index is 0.0150. The standard InChI is InChI=1S/C13H22O3SSi/c1-13(2,3)18(4,5)15-7-10-6-14-11-8-17-9-12(11)16-10/h8-10H,6-7H2,1-5H3. The van der Waals surface area contributed by atoms with Crippen molar-refractivity contribution in [2.75, 3.05) is 13.2 Å². The second-order valence-electron chi connectivity index (χ2n) is 6.22. The first-order valence-electron chi connectivity index (χ1n) is 6.29. The summed E-state index contributed by atoms with van der Waals surface area (Å²) < 4.78 is 17.7. The van der Waals surface area contributed by atoms with E-state index in [-0.39, 0.29) is 11.1 Å². The maximum Gasteiger partial charge on any atom is 0.192 e. The van der Waals surface area contributed by atoms with Crippen LogP contribution in [0.4, 0.5) is 0 Å². The summed E-state index contributed by atoms with van der Waals surface area (Å²) >= 11 is 1.60. The lowest BCUT2D eigenvalue weighted by molar-refractivity contribution is 0.0502. The van der Waals surface area contributed by atoms with Crippen molar-refractivity contribution in [3.63, 3.8) is 0 Å². The van der Waals surface area contributed by atoms with E-state index < -0.39 is 8.32 Å². The molecule has 0 radical (unpaired) electrons. The topological polar surface area (TPSA) is 27.7 Å². The van der Waals surface area contributed by atoms with E-state index in [4.69, 9.17) is 13.9 Å². The first-order valence-corrected chi connectivity index (χ1v) is 10.1. The highest BCUT2D eigenvalue weighted by molar-refractivity contribution is 7.08. The molecular formula is C13H22O3SSi. The third kappa shape index (κ3) is 2.89. The molecule has 0 aromatic carbocycles. The Balaban J connectivity index is 1.90. The number of hydrogen-bond donors (Lipinski definition) is 0. The molecule has 1 atom stereocenters. The quantitative estimate of drug-likeness (QED) is 0.789. The maximum atomic E-state index is 6.16. The van der Waals surface area contributed by atoms with Gasteiger partial charge in [0.05, 0.1) is 6.61 Å². The zero-order valence-electron chi connectivity index (χ0n) is 11.8. The predicted molar refractivity (Wildman–Crippen MR) is 77.4 cm³/mol. The van der Waals surface area contributed by atoms with Crippen LogP contribution in [-0.4, -0.2) is 27.6 Å². The molecule has 18 heavy (non-hydrogen) atoms. The second kappa shape index (κ2) is 4.87. The third-order valence-corrected chi connectivity index (χ3v) is 8.95. The molecule has 0 amide bonds. The van der Waals surface area contributed by atoms with E-state index in [2.05, 4.69) is 33.9 Å². The molecule has 1 aromatic rings. The number of rotatable bonds is 3. The van der Waals surface area contributed by atoms with Crippen molar-refractivity contribution in [3.05, 3.63) is 10.8 Å². The lowest BCUT2D eigenvalue weighted by atomic mass is 10.2. The Bertz CT molecular complexity index is 409. The van der Waals surface area contributed by atoms with Crippen molar-refractivity contribution < 1.29 is 13.9 Å². The number of fused-ring (bicyclic) bond motifs is 1. The van der Waals surface area contributed by atoms with Gasteiger partial charge in [0.2, 0.25) is 0 Å². The van der Waals surface area contributed by atoms with Crippen LogP contribution in [0.15, 0.2) is 10.8 Å². The van der Waals surface area contributed by atoms with Gasteiger partial charge in [-0.05, 0) is 18.1 Å². The third-order valence-electron chi connectivity index (χ3n) is 3.75. The first-order chi connectivity index (χ1) is 8.29. The molecule has 5 heteroatoms. The minimum Gasteiger partial charge on any atom is -0.485 e. The fourth-order valence-corrected chi connectivity index (χ4v) is 3.17. The smallest absolute Gasteiger partial charge is 0.192 e. The van der Waals surface area contributed by atoms with Gasteiger partial charge < -0.3 is 13.9 Å². The average molecular weight is 286 g/mol. The van der Waals surface area contributed by atoms with Crippen molar-refractivity contribution in [3.8, 4) is 11.5 Å². The molecule has 0 aliphatic carbocycles. The molecule has 0 N–H and O–H groups in total. The summed E-state index contributed by atoms with van der Waals surface area (Å²) in [7, 11) is -1.70. The van der Waals surface area contributed by atoms with Crippen molar-refractivity contribution in [2.45, 2.75) is 45.0 Å². The van der Waals surface area contributed by atoms with E-state index in [0.717, 1.165) is 11.5 Å². The van der Waals surface area contributed by atoms with Crippen LogP contribution in [0.2, 0.25) is 18.1 Å². The fraction of sp³-hybridized carbons (Fsp3) is 0.692. The van der Waals surface area contributed by atoms with Gasteiger partial charge in [0.25, 0.3) is 0 Å². The molecule has 1 aliphatic heterocycles. The monoisotopic (exact) mass is 286 g/mol. The van der Waals surface area contributed by atoms with Gasteiger partial charge in [-0.2, -0.15) is 0 Å². The molecule has 0 saturated heterocycles. The van der Waals surface area contributed by atoms with E-state index in [1.54, 1.807) is 11.3 Å². The van der Waals surface area contributed by atoms with Crippen LogP contribution in [0.1, 0.15) is 20.8 Å². The van der Waals surface area contributed by atoms with E-state index in [9.17, 15) is 0 Å². The molecule has 1 unspecified atom stereocenters. The highest BCUT2D eigenvalue weighted by Crippen LogP contribution is 2.38. The van der Waals surface area contributed by atoms with E-state index in [1.165, 1.54) is 0 Å². The van der Waals surface area contributed by atoms with Crippen LogP contribution in [0.25, 0.3) is 0 Å². The van der Waals surface area contributed by atoms with Gasteiger partial charge in [0.15, 0.2) is 25.9 Å². The van der Waals surface area contributed by atoms with Gasteiger partial charge in [-0.1, -0.05) is 20.8 Å². The Labute approximate surface area is 114 Å². The molecule has 2 rings (SSSR count). The summed E-state index contributed by atoms with van der Waals surface area (Å²) in [4.78, 5) is 0. The highest BCUT2D eigenvalue weighted by Gasteiger charge is 2.38. The van der Waals surface area contributed by atoms with Gasteiger partial charge >= 0.3 is 0 Å². The van der Waals surface area contributed by atoms with Crippen molar-refractivity contribution in [2.24, 2.45) is 0 Å². The van der Waals surface area contributed by atoms with Gasteiger partial charge in [-0.15, -0.1) is 11.3 Å². The van der Waals surface area contributed by atoms with Crippen LogP contribution < -0.4 is 9.47 Å². The molecule has 1 aromatic heterocycles. The van der Waals surface area contributed by atoms with Crippen LogP contribution in [-0.2, 0) is 4.43 Å². The summed E-state index contributed by atoms with van der Waals surface area (Å²) in [6, 6.07) is 0. The lowest BCUT2D eigenvalue weighted by Gasteiger charge is -2.37. The Morgan fingerprint density at radius 2 is 2.00 bits per heavy atom. The number of ether oxygens (including phenoxy) is 2. The summed E-state index contributed by atoms with van der Waals surface area (Å²) in [5.74, 6) is 1.72. The van der Waals surface area contributed by atoms with Crippen LogP contribution >= 0.6 is 11.3 Å². The molecular weight excluding hydrogens is 264 g/mol. The summed E-state index contributed by atoms with van der Waals surface area (Å²) in [6.45, 7) is 12.4. The van der Waals surface area contributed by atoms with Crippen LogP contribution in [0.3, 0.4) is 0 Å². The molecule has 102 valence electrons. The Morgan fingerprint density at radius 1 is 1.33 bits per heavy atom. The Morgan fingerprint density at radius 3 is 2.67 bits per heavy atom. The van der Waals surface area contributed by atoms with E-state index in [1.807, 2.05) is 10.8 Å². The molecule has 0 bridgehead atoms. The number of thiophene rings is 1. The van der Waals surface area contributed by atoms with Crippen LogP contribution in [0.5, 0.6) is 11.5 Å². The van der Waals surface area contributed by atoms with Gasteiger partial charge in [-0.3, -0.25) is 0 Å². The largest absolute Gasteiger partial charge is 0.485 e. The van der Waals surface area contributed by atoms with E-state index >= 15 is 0 Å². The average Bonchev–Trinajstić information content (AvgIpc) is 2.71.